The average molecular weight is 272 g/mol. The first kappa shape index (κ1) is 14.5. The first-order valence-electron chi connectivity index (χ1n) is 7.11. The van der Waals surface area contributed by atoms with Crippen LogP contribution in [0.2, 0.25) is 0 Å². The molecule has 1 amide bonds. The van der Waals surface area contributed by atoms with E-state index in [1.54, 1.807) is 12.1 Å². The van der Waals surface area contributed by atoms with E-state index in [1.807, 2.05) is 18.2 Å². The lowest BCUT2D eigenvalue weighted by molar-refractivity contribution is -0.121. The van der Waals surface area contributed by atoms with Gasteiger partial charge in [-0.3, -0.25) is 4.79 Å². The minimum Gasteiger partial charge on any atom is -0.393 e. The molecule has 1 aliphatic carbocycles. The van der Waals surface area contributed by atoms with E-state index in [4.69, 9.17) is 0 Å². The zero-order valence-corrected chi connectivity index (χ0v) is 11.5. The number of nitrogens with one attached hydrogen (secondary N) is 1. The Kier molecular flexibility index (Phi) is 5.14. The Bertz CT molecular complexity index is 473. The molecule has 0 heterocycles. The summed E-state index contributed by atoms with van der Waals surface area (Å²) in [5.41, 5.74) is 0.728. The van der Waals surface area contributed by atoms with Crippen molar-refractivity contribution in [3.63, 3.8) is 0 Å². The largest absolute Gasteiger partial charge is 0.393 e. The number of nitrogens with zero attached hydrogens (tertiary/aromatic N) is 1. The van der Waals surface area contributed by atoms with Crippen molar-refractivity contribution in [1.29, 1.82) is 5.26 Å². The van der Waals surface area contributed by atoms with Gasteiger partial charge in [-0.2, -0.15) is 5.26 Å². The SMILES string of the molecule is N#CC(C(=O)NCC1CCC(O)CC1)c1ccccc1. The van der Waals surface area contributed by atoms with Crippen LogP contribution in [0.1, 0.15) is 37.2 Å². The van der Waals surface area contributed by atoms with Crippen molar-refractivity contribution in [1.82, 2.24) is 5.32 Å². The number of carbonyl (C=O) groups excluding carboxylic acids is 1. The van der Waals surface area contributed by atoms with Gasteiger partial charge in [0.2, 0.25) is 5.91 Å². The lowest BCUT2D eigenvalue weighted by Gasteiger charge is -2.25. The number of aliphatic hydroxyl groups excluding tert-OH is 1. The topological polar surface area (TPSA) is 73.1 Å². The second-order valence-electron chi connectivity index (χ2n) is 5.39. The van der Waals surface area contributed by atoms with Crippen molar-refractivity contribution < 1.29 is 9.90 Å². The molecule has 4 nitrogen and oxygen atoms in total. The summed E-state index contributed by atoms with van der Waals surface area (Å²) < 4.78 is 0. The van der Waals surface area contributed by atoms with E-state index in [9.17, 15) is 15.2 Å². The summed E-state index contributed by atoms with van der Waals surface area (Å²) in [6.45, 7) is 0.594. The summed E-state index contributed by atoms with van der Waals surface area (Å²) in [5.74, 6) is -0.562. The molecule has 1 aromatic carbocycles. The van der Waals surface area contributed by atoms with Crippen LogP contribution in [0.3, 0.4) is 0 Å². The molecule has 0 saturated heterocycles. The van der Waals surface area contributed by atoms with Gasteiger partial charge in [-0.25, -0.2) is 0 Å². The summed E-state index contributed by atoms with van der Waals surface area (Å²) in [5, 5.41) is 21.5. The standard InChI is InChI=1S/C16H20N2O2/c17-10-15(13-4-2-1-3-5-13)16(20)18-11-12-6-8-14(19)9-7-12/h1-5,12,14-15,19H,6-9,11H2,(H,18,20). The van der Waals surface area contributed by atoms with E-state index in [2.05, 4.69) is 11.4 Å². The number of nitriles is 1. The Morgan fingerprint density at radius 2 is 1.95 bits per heavy atom. The number of rotatable bonds is 4. The molecule has 1 unspecified atom stereocenters. The van der Waals surface area contributed by atoms with E-state index < -0.39 is 5.92 Å². The third-order valence-corrected chi connectivity index (χ3v) is 3.91. The second kappa shape index (κ2) is 7.06. The molecule has 20 heavy (non-hydrogen) atoms. The normalized spacial score (nSPS) is 23.6. The van der Waals surface area contributed by atoms with E-state index >= 15 is 0 Å². The van der Waals surface area contributed by atoms with E-state index in [0.717, 1.165) is 31.2 Å². The smallest absolute Gasteiger partial charge is 0.241 e. The quantitative estimate of drug-likeness (QED) is 0.880. The number of carbonyl (C=O) groups is 1. The lowest BCUT2D eigenvalue weighted by Crippen LogP contribution is -2.34. The van der Waals surface area contributed by atoms with Crippen LogP contribution in [-0.2, 0) is 4.79 Å². The Balaban J connectivity index is 1.86. The van der Waals surface area contributed by atoms with Crippen LogP contribution in [0.15, 0.2) is 30.3 Å². The molecule has 106 valence electrons. The molecule has 2 rings (SSSR count). The Labute approximate surface area is 119 Å². The van der Waals surface area contributed by atoms with E-state index in [-0.39, 0.29) is 12.0 Å². The summed E-state index contributed by atoms with van der Waals surface area (Å²) in [6.07, 6.45) is 3.30. The maximum Gasteiger partial charge on any atom is 0.241 e. The van der Waals surface area contributed by atoms with Gasteiger partial charge >= 0.3 is 0 Å². The molecule has 0 spiro atoms. The van der Waals surface area contributed by atoms with E-state index in [1.165, 1.54) is 0 Å². The van der Waals surface area contributed by atoms with Crippen LogP contribution < -0.4 is 5.32 Å². The predicted molar refractivity (Wildman–Crippen MR) is 75.8 cm³/mol. The van der Waals surface area contributed by atoms with Crippen molar-refractivity contribution in [2.45, 2.75) is 37.7 Å². The van der Waals surface area contributed by atoms with Crippen molar-refractivity contribution in [2.75, 3.05) is 6.54 Å². The number of benzene rings is 1. The van der Waals surface area contributed by atoms with Crippen LogP contribution in [0, 0.1) is 17.2 Å². The lowest BCUT2D eigenvalue weighted by atomic mass is 9.87. The fourth-order valence-electron chi connectivity index (χ4n) is 2.63. The van der Waals surface area contributed by atoms with Crippen molar-refractivity contribution in [3.05, 3.63) is 35.9 Å². The van der Waals surface area contributed by atoms with Gasteiger partial charge in [0.1, 0.15) is 5.92 Å². The van der Waals surface area contributed by atoms with Crippen LogP contribution in [-0.4, -0.2) is 23.7 Å². The highest BCUT2D eigenvalue weighted by Crippen LogP contribution is 2.23. The molecule has 1 fully saturated rings. The highest BCUT2D eigenvalue weighted by molar-refractivity contribution is 5.86. The molecular formula is C16H20N2O2. The number of aliphatic hydroxyl groups is 1. The van der Waals surface area contributed by atoms with Crippen molar-refractivity contribution >= 4 is 5.91 Å². The predicted octanol–water partition coefficient (Wildman–Crippen LogP) is 1.96. The summed E-state index contributed by atoms with van der Waals surface area (Å²) >= 11 is 0. The maximum atomic E-state index is 12.1. The minimum absolute atomic E-state index is 0.182. The van der Waals surface area contributed by atoms with Crippen LogP contribution in [0.25, 0.3) is 0 Å². The Morgan fingerprint density at radius 3 is 2.55 bits per heavy atom. The third-order valence-electron chi connectivity index (χ3n) is 3.91. The van der Waals surface area contributed by atoms with Crippen LogP contribution in [0.4, 0.5) is 0 Å². The number of amides is 1. The molecule has 1 atom stereocenters. The molecule has 1 aromatic rings. The monoisotopic (exact) mass is 272 g/mol. The fraction of sp³-hybridized carbons (Fsp3) is 0.500. The summed E-state index contributed by atoms with van der Waals surface area (Å²) in [4.78, 5) is 12.1. The molecule has 0 aromatic heterocycles. The number of hydrogen-bond acceptors (Lipinski definition) is 3. The Morgan fingerprint density at radius 1 is 1.30 bits per heavy atom. The molecule has 1 saturated carbocycles. The summed E-state index contributed by atoms with van der Waals surface area (Å²) in [6, 6.07) is 11.2. The van der Waals surface area contributed by atoms with E-state index in [0.29, 0.717) is 12.5 Å². The van der Waals surface area contributed by atoms with Gasteiger partial charge in [-0.15, -0.1) is 0 Å². The molecule has 0 aliphatic heterocycles. The highest BCUT2D eigenvalue weighted by Gasteiger charge is 2.23. The first-order valence-corrected chi connectivity index (χ1v) is 7.11. The van der Waals surface area contributed by atoms with Gasteiger partial charge in [0, 0.05) is 6.54 Å². The Hall–Kier alpha value is -1.86. The van der Waals surface area contributed by atoms with Gasteiger partial charge in [-0.05, 0) is 37.2 Å². The van der Waals surface area contributed by atoms with Gasteiger partial charge in [-0.1, -0.05) is 30.3 Å². The second-order valence-corrected chi connectivity index (χ2v) is 5.39. The molecule has 0 bridgehead atoms. The molecule has 4 heteroatoms. The van der Waals surface area contributed by atoms with Crippen LogP contribution in [0.5, 0.6) is 0 Å². The van der Waals surface area contributed by atoms with Gasteiger partial charge in [0.15, 0.2) is 0 Å². The van der Waals surface area contributed by atoms with Crippen molar-refractivity contribution in [2.24, 2.45) is 5.92 Å². The average Bonchev–Trinajstić information content (AvgIpc) is 2.48. The minimum atomic E-state index is -0.745. The molecule has 0 radical (unpaired) electrons. The van der Waals surface area contributed by atoms with Gasteiger partial charge in [0.25, 0.3) is 0 Å². The highest BCUT2D eigenvalue weighted by atomic mass is 16.3. The molecular weight excluding hydrogens is 252 g/mol. The van der Waals surface area contributed by atoms with Crippen LogP contribution >= 0.6 is 0 Å². The third kappa shape index (κ3) is 3.82. The van der Waals surface area contributed by atoms with Crippen molar-refractivity contribution in [3.8, 4) is 6.07 Å². The number of hydrogen-bond donors (Lipinski definition) is 2. The molecule has 1 aliphatic rings. The van der Waals surface area contributed by atoms with Gasteiger partial charge in [0.05, 0.1) is 12.2 Å². The summed E-state index contributed by atoms with van der Waals surface area (Å²) in [7, 11) is 0. The first-order chi connectivity index (χ1) is 9.70. The zero-order valence-electron chi connectivity index (χ0n) is 11.5. The maximum absolute atomic E-state index is 12.1. The molecule has 2 N–H and O–H groups in total. The van der Waals surface area contributed by atoms with Gasteiger partial charge < -0.3 is 10.4 Å². The fourth-order valence-corrected chi connectivity index (χ4v) is 2.63. The zero-order chi connectivity index (χ0) is 14.4.